The zero-order valence-electron chi connectivity index (χ0n) is 9.17. The van der Waals surface area contributed by atoms with E-state index in [1.165, 1.54) is 22.0 Å². The molecule has 0 amide bonds. The van der Waals surface area contributed by atoms with Crippen LogP contribution in [-0.4, -0.2) is 4.57 Å². The van der Waals surface area contributed by atoms with Crippen molar-refractivity contribution in [3.63, 3.8) is 0 Å². The molecule has 2 rings (SSSR count). The first-order chi connectivity index (χ1) is 6.76. The van der Waals surface area contributed by atoms with Gasteiger partial charge in [-0.2, -0.15) is 0 Å². The van der Waals surface area contributed by atoms with Crippen molar-refractivity contribution in [2.75, 3.05) is 0 Å². The molecule has 0 atom stereocenters. The highest BCUT2D eigenvalue weighted by molar-refractivity contribution is 5.84. The molecule has 0 bridgehead atoms. The highest BCUT2D eigenvalue weighted by Crippen LogP contribution is 2.22. The zero-order chi connectivity index (χ0) is 10.1. The van der Waals surface area contributed by atoms with E-state index < -0.39 is 0 Å². The van der Waals surface area contributed by atoms with Crippen LogP contribution in [0.2, 0.25) is 0 Å². The van der Waals surface area contributed by atoms with Crippen LogP contribution < -0.4 is 0 Å². The smallest absolute Gasteiger partial charge is 0.0480 e. The third-order valence-electron chi connectivity index (χ3n) is 2.93. The predicted molar refractivity (Wildman–Crippen MR) is 61.7 cm³/mol. The molecule has 1 heterocycles. The number of hydrogen-bond acceptors (Lipinski definition) is 0. The van der Waals surface area contributed by atoms with E-state index >= 15 is 0 Å². The average Bonchev–Trinajstić information content (AvgIpc) is 2.55. The van der Waals surface area contributed by atoms with Crippen LogP contribution in [0.25, 0.3) is 10.9 Å². The van der Waals surface area contributed by atoms with Crippen LogP contribution in [0, 0.1) is 0 Å². The van der Waals surface area contributed by atoms with Gasteiger partial charge in [-0.15, -0.1) is 0 Å². The van der Waals surface area contributed by atoms with Gasteiger partial charge in [-0.25, -0.2) is 0 Å². The van der Waals surface area contributed by atoms with Gasteiger partial charge in [0.15, 0.2) is 0 Å². The second kappa shape index (κ2) is 3.49. The molecule has 0 aliphatic carbocycles. The molecular formula is C13H17N. The maximum atomic E-state index is 2.33. The maximum absolute atomic E-state index is 2.33. The van der Waals surface area contributed by atoms with E-state index in [4.69, 9.17) is 0 Å². The number of fused-ring (bicyclic) bond motifs is 1. The number of aromatic nitrogens is 1. The standard InChI is InChI=1S/C13H17N/c1-4-10-6-7-13-12(8-10)11(5-2)9-14(13)3/h6-9H,4-5H2,1-3H3. The van der Waals surface area contributed by atoms with Crippen molar-refractivity contribution in [2.24, 2.45) is 7.05 Å². The van der Waals surface area contributed by atoms with E-state index in [1.807, 2.05) is 0 Å². The fourth-order valence-corrected chi connectivity index (χ4v) is 2.02. The summed E-state index contributed by atoms with van der Waals surface area (Å²) in [5.41, 5.74) is 4.23. The summed E-state index contributed by atoms with van der Waals surface area (Å²) in [6.07, 6.45) is 4.47. The Balaban J connectivity index is 2.71. The molecule has 0 radical (unpaired) electrons. The molecule has 0 fully saturated rings. The van der Waals surface area contributed by atoms with Crippen molar-refractivity contribution in [1.82, 2.24) is 4.57 Å². The lowest BCUT2D eigenvalue weighted by molar-refractivity contribution is 0.954. The lowest BCUT2D eigenvalue weighted by atomic mass is 10.1. The van der Waals surface area contributed by atoms with Crippen molar-refractivity contribution in [1.29, 1.82) is 0 Å². The largest absolute Gasteiger partial charge is 0.350 e. The zero-order valence-corrected chi connectivity index (χ0v) is 9.17. The maximum Gasteiger partial charge on any atom is 0.0480 e. The van der Waals surface area contributed by atoms with Gasteiger partial charge in [-0.3, -0.25) is 0 Å². The Kier molecular flexibility index (Phi) is 2.32. The van der Waals surface area contributed by atoms with Crippen LogP contribution in [0.15, 0.2) is 24.4 Å². The number of aryl methyl sites for hydroxylation is 3. The van der Waals surface area contributed by atoms with E-state index in [1.54, 1.807) is 0 Å². The molecule has 0 unspecified atom stereocenters. The molecule has 0 saturated carbocycles. The second-order valence-corrected chi connectivity index (χ2v) is 3.82. The molecule has 0 N–H and O–H groups in total. The van der Waals surface area contributed by atoms with Crippen molar-refractivity contribution < 1.29 is 0 Å². The van der Waals surface area contributed by atoms with E-state index in [2.05, 4.69) is 49.9 Å². The molecule has 1 heteroatoms. The number of nitrogens with zero attached hydrogens (tertiary/aromatic N) is 1. The van der Waals surface area contributed by atoms with Gasteiger partial charge in [0.1, 0.15) is 0 Å². The monoisotopic (exact) mass is 187 g/mol. The summed E-state index contributed by atoms with van der Waals surface area (Å²) in [7, 11) is 2.12. The number of hydrogen-bond donors (Lipinski definition) is 0. The highest BCUT2D eigenvalue weighted by atomic mass is 14.9. The van der Waals surface area contributed by atoms with Crippen molar-refractivity contribution >= 4 is 10.9 Å². The molecule has 14 heavy (non-hydrogen) atoms. The molecule has 0 saturated heterocycles. The molecule has 1 aromatic carbocycles. The van der Waals surface area contributed by atoms with Crippen molar-refractivity contribution in [3.05, 3.63) is 35.5 Å². The van der Waals surface area contributed by atoms with E-state index in [9.17, 15) is 0 Å². The van der Waals surface area contributed by atoms with E-state index in [0.717, 1.165) is 12.8 Å². The third kappa shape index (κ3) is 1.33. The Bertz CT molecular complexity index is 451. The first kappa shape index (κ1) is 9.32. The Labute approximate surface area is 85.4 Å². The van der Waals surface area contributed by atoms with Crippen LogP contribution in [0.4, 0.5) is 0 Å². The summed E-state index contributed by atoms with van der Waals surface area (Å²) >= 11 is 0. The van der Waals surface area contributed by atoms with Gasteiger partial charge in [0.25, 0.3) is 0 Å². The quantitative estimate of drug-likeness (QED) is 0.679. The van der Waals surface area contributed by atoms with Crippen molar-refractivity contribution in [3.8, 4) is 0 Å². The molecular weight excluding hydrogens is 170 g/mol. The van der Waals surface area contributed by atoms with Crippen LogP contribution in [0.5, 0.6) is 0 Å². The van der Waals surface area contributed by atoms with Gasteiger partial charge in [0, 0.05) is 24.1 Å². The lowest BCUT2D eigenvalue weighted by Gasteiger charge is -1.99. The van der Waals surface area contributed by atoms with E-state index in [0.29, 0.717) is 0 Å². The van der Waals surface area contributed by atoms with Gasteiger partial charge >= 0.3 is 0 Å². The molecule has 74 valence electrons. The normalized spacial score (nSPS) is 11.1. The van der Waals surface area contributed by atoms with Gasteiger partial charge in [-0.1, -0.05) is 19.9 Å². The molecule has 2 aromatic rings. The Morgan fingerprint density at radius 1 is 1.14 bits per heavy atom. The minimum absolute atomic E-state index is 1.12. The summed E-state index contributed by atoms with van der Waals surface area (Å²) in [5, 5.41) is 1.43. The summed E-state index contributed by atoms with van der Waals surface area (Å²) in [6.45, 7) is 4.42. The number of rotatable bonds is 2. The minimum Gasteiger partial charge on any atom is -0.350 e. The second-order valence-electron chi connectivity index (χ2n) is 3.82. The van der Waals surface area contributed by atoms with Gasteiger partial charge in [0.05, 0.1) is 0 Å². The van der Waals surface area contributed by atoms with E-state index in [-0.39, 0.29) is 0 Å². The molecule has 1 nitrogen and oxygen atoms in total. The summed E-state index contributed by atoms with van der Waals surface area (Å²) in [4.78, 5) is 0. The fraction of sp³-hybridized carbons (Fsp3) is 0.385. The first-order valence-electron chi connectivity index (χ1n) is 5.33. The minimum atomic E-state index is 1.12. The topological polar surface area (TPSA) is 4.93 Å². The number of benzene rings is 1. The molecule has 1 aromatic heterocycles. The fourth-order valence-electron chi connectivity index (χ4n) is 2.02. The Hall–Kier alpha value is -1.24. The van der Waals surface area contributed by atoms with Crippen LogP contribution in [0.3, 0.4) is 0 Å². The average molecular weight is 187 g/mol. The SMILES string of the molecule is CCc1ccc2c(c1)c(CC)cn2C. The van der Waals surface area contributed by atoms with Crippen LogP contribution in [0.1, 0.15) is 25.0 Å². The lowest BCUT2D eigenvalue weighted by Crippen LogP contribution is -1.84. The summed E-state index contributed by atoms with van der Waals surface area (Å²) < 4.78 is 2.22. The summed E-state index contributed by atoms with van der Waals surface area (Å²) in [6, 6.07) is 6.78. The highest BCUT2D eigenvalue weighted by Gasteiger charge is 2.04. The van der Waals surface area contributed by atoms with Crippen LogP contribution in [-0.2, 0) is 19.9 Å². The van der Waals surface area contributed by atoms with Gasteiger partial charge in [-0.05, 0) is 36.1 Å². The summed E-state index contributed by atoms with van der Waals surface area (Å²) in [5.74, 6) is 0. The third-order valence-corrected chi connectivity index (χ3v) is 2.93. The van der Waals surface area contributed by atoms with Crippen molar-refractivity contribution in [2.45, 2.75) is 26.7 Å². The first-order valence-corrected chi connectivity index (χ1v) is 5.33. The van der Waals surface area contributed by atoms with Crippen LogP contribution >= 0.6 is 0 Å². The predicted octanol–water partition coefficient (Wildman–Crippen LogP) is 3.30. The Morgan fingerprint density at radius 3 is 2.57 bits per heavy atom. The van der Waals surface area contributed by atoms with Gasteiger partial charge in [0.2, 0.25) is 0 Å². The molecule has 0 spiro atoms. The Morgan fingerprint density at radius 2 is 1.93 bits per heavy atom. The van der Waals surface area contributed by atoms with Gasteiger partial charge < -0.3 is 4.57 Å². The molecule has 0 aliphatic heterocycles. The molecule has 0 aliphatic rings.